The quantitative estimate of drug-likeness (QED) is 0.774. The summed E-state index contributed by atoms with van der Waals surface area (Å²) in [5, 5.41) is 3.45. The lowest BCUT2D eigenvalue weighted by molar-refractivity contribution is 0.1000. The van der Waals surface area contributed by atoms with Crippen molar-refractivity contribution in [3.05, 3.63) is 58.6 Å². The molecule has 0 aliphatic rings. The van der Waals surface area contributed by atoms with Gasteiger partial charge in [0.2, 0.25) is 5.91 Å². The zero-order chi connectivity index (χ0) is 15.7. The van der Waals surface area contributed by atoms with Crippen molar-refractivity contribution < 1.29 is 4.79 Å². The van der Waals surface area contributed by atoms with Crippen LogP contribution in [0.25, 0.3) is 5.65 Å². The van der Waals surface area contributed by atoms with Crippen LogP contribution in [-0.4, -0.2) is 20.3 Å². The van der Waals surface area contributed by atoms with Crippen LogP contribution >= 0.6 is 11.6 Å². The highest BCUT2D eigenvalue weighted by molar-refractivity contribution is 6.33. The Morgan fingerprint density at radius 2 is 2.27 bits per heavy atom. The molecule has 0 fully saturated rings. The van der Waals surface area contributed by atoms with Crippen LogP contribution in [0.1, 0.15) is 21.7 Å². The number of aryl methyl sites for hydroxylation is 1. The summed E-state index contributed by atoms with van der Waals surface area (Å²) >= 11 is 6.09. The van der Waals surface area contributed by atoms with Crippen molar-refractivity contribution >= 4 is 29.0 Å². The average Bonchev–Trinajstić information content (AvgIpc) is 2.90. The molecule has 0 atom stereocenters. The molecule has 6 nitrogen and oxygen atoms in total. The number of hydrogen-bond acceptors (Lipinski definition) is 4. The van der Waals surface area contributed by atoms with Crippen molar-refractivity contribution in [1.29, 1.82) is 0 Å². The molecule has 0 saturated heterocycles. The number of pyridine rings is 2. The molecule has 0 aliphatic carbocycles. The third kappa shape index (κ3) is 2.73. The number of carbonyl (C=O) groups excluding carboxylic acids is 1. The van der Waals surface area contributed by atoms with Gasteiger partial charge in [0.25, 0.3) is 0 Å². The van der Waals surface area contributed by atoms with E-state index in [2.05, 4.69) is 15.3 Å². The van der Waals surface area contributed by atoms with Gasteiger partial charge in [0.05, 0.1) is 22.8 Å². The number of amides is 1. The first kappa shape index (κ1) is 14.3. The summed E-state index contributed by atoms with van der Waals surface area (Å²) < 4.78 is 2.02. The van der Waals surface area contributed by atoms with Gasteiger partial charge in [-0.3, -0.25) is 4.79 Å². The molecule has 112 valence electrons. The second-order valence-corrected chi connectivity index (χ2v) is 5.31. The molecule has 0 unspecified atom stereocenters. The lowest BCUT2D eigenvalue weighted by Crippen LogP contribution is -2.12. The number of halogens is 1. The summed E-state index contributed by atoms with van der Waals surface area (Å²) in [6.45, 7) is 2.50. The van der Waals surface area contributed by atoms with Crippen LogP contribution in [-0.2, 0) is 6.54 Å². The van der Waals surface area contributed by atoms with E-state index in [1.54, 1.807) is 0 Å². The highest BCUT2D eigenvalue weighted by Crippen LogP contribution is 2.20. The fourth-order valence-electron chi connectivity index (χ4n) is 2.16. The van der Waals surface area contributed by atoms with Crippen LogP contribution in [0.15, 0.2) is 36.7 Å². The summed E-state index contributed by atoms with van der Waals surface area (Å²) in [5.74, 6) is -0.0720. The molecule has 0 bridgehead atoms. The topological polar surface area (TPSA) is 85.3 Å². The largest absolute Gasteiger partial charge is 0.366 e. The van der Waals surface area contributed by atoms with E-state index >= 15 is 0 Å². The smallest absolute Gasteiger partial charge is 0.250 e. The molecule has 22 heavy (non-hydrogen) atoms. The summed E-state index contributed by atoms with van der Waals surface area (Å²) in [4.78, 5) is 19.7. The van der Waals surface area contributed by atoms with E-state index in [-0.39, 0.29) is 5.56 Å². The number of anilines is 1. The van der Waals surface area contributed by atoms with Crippen LogP contribution < -0.4 is 11.1 Å². The molecule has 0 saturated carbocycles. The molecule has 1 amide bonds. The maximum Gasteiger partial charge on any atom is 0.250 e. The minimum absolute atomic E-state index is 0.277. The highest BCUT2D eigenvalue weighted by atomic mass is 35.5. The van der Waals surface area contributed by atoms with Crippen LogP contribution in [0.4, 0.5) is 5.82 Å². The lowest BCUT2D eigenvalue weighted by Gasteiger charge is -2.06. The molecule has 0 aliphatic heterocycles. The first-order chi connectivity index (χ1) is 10.5. The second-order valence-electron chi connectivity index (χ2n) is 4.90. The molecule has 0 radical (unpaired) electrons. The van der Waals surface area contributed by atoms with E-state index in [4.69, 9.17) is 17.3 Å². The van der Waals surface area contributed by atoms with Gasteiger partial charge in [-0.1, -0.05) is 17.7 Å². The number of nitrogens with zero attached hydrogens (tertiary/aromatic N) is 3. The van der Waals surface area contributed by atoms with Crippen molar-refractivity contribution in [3.8, 4) is 0 Å². The van der Waals surface area contributed by atoms with E-state index in [9.17, 15) is 4.79 Å². The van der Waals surface area contributed by atoms with Crippen LogP contribution in [0.2, 0.25) is 5.02 Å². The van der Waals surface area contributed by atoms with E-state index in [0.717, 1.165) is 17.0 Å². The third-order valence-electron chi connectivity index (χ3n) is 3.31. The van der Waals surface area contributed by atoms with Crippen molar-refractivity contribution in [2.75, 3.05) is 5.32 Å². The molecule has 3 aromatic rings. The van der Waals surface area contributed by atoms with Gasteiger partial charge in [-0.2, -0.15) is 0 Å². The number of primary amides is 1. The standard InChI is InChI=1S/C15H14ClN5O/c1-9-3-2-4-13-20-11(8-21(9)13)7-19-15-12(16)5-10(6-18-15)14(17)22/h2-6,8H,7H2,1H3,(H2,17,22)(H,18,19). The number of hydrogen-bond donors (Lipinski definition) is 2. The van der Waals surface area contributed by atoms with Gasteiger partial charge in [-0.05, 0) is 25.1 Å². The van der Waals surface area contributed by atoms with Gasteiger partial charge in [0.15, 0.2) is 0 Å². The molecule has 0 spiro atoms. The number of rotatable bonds is 4. The van der Waals surface area contributed by atoms with Gasteiger partial charge in [-0.25, -0.2) is 9.97 Å². The molecular formula is C15H14ClN5O. The Morgan fingerprint density at radius 1 is 1.45 bits per heavy atom. The zero-order valence-electron chi connectivity index (χ0n) is 11.9. The maximum absolute atomic E-state index is 11.1. The van der Waals surface area contributed by atoms with Gasteiger partial charge in [0, 0.05) is 18.1 Å². The van der Waals surface area contributed by atoms with Gasteiger partial charge < -0.3 is 15.5 Å². The monoisotopic (exact) mass is 315 g/mol. The van der Waals surface area contributed by atoms with E-state index < -0.39 is 5.91 Å². The van der Waals surface area contributed by atoms with Gasteiger partial charge in [-0.15, -0.1) is 0 Å². The van der Waals surface area contributed by atoms with Crippen LogP contribution in [0, 0.1) is 6.92 Å². The zero-order valence-corrected chi connectivity index (χ0v) is 12.6. The molecule has 3 aromatic heterocycles. The maximum atomic E-state index is 11.1. The first-order valence-corrected chi connectivity index (χ1v) is 7.05. The number of fused-ring (bicyclic) bond motifs is 1. The third-order valence-corrected chi connectivity index (χ3v) is 3.60. The van der Waals surface area contributed by atoms with Gasteiger partial charge in [0.1, 0.15) is 11.5 Å². The van der Waals surface area contributed by atoms with Crippen molar-refractivity contribution in [2.24, 2.45) is 5.73 Å². The molecule has 0 aromatic carbocycles. The predicted octanol–water partition coefficient (Wildman–Crippen LogP) is 2.40. The lowest BCUT2D eigenvalue weighted by atomic mass is 10.2. The van der Waals surface area contributed by atoms with E-state index in [0.29, 0.717) is 17.4 Å². The molecule has 7 heteroatoms. The highest BCUT2D eigenvalue weighted by Gasteiger charge is 2.08. The normalized spacial score (nSPS) is 10.8. The SMILES string of the molecule is Cc1cccc2nc(CNc3ncc(C(N)=O)cc3Cl)cn12. The molecular weight excluding hydrogens is 302 g/mol. The summed E-state index contributed by atoms with van der Waals surface area (Å²) in [5.41, 5.74) is 8.33. The number of carbonyl (C=O) groups is 1. The van der Waals surface area contributed by atoms with Crippen molar-refractivity contribution in [2.45, 2.75) is 13.5 Å². The summed E-state index contributed by atoms with van der Waals surface area (Å²) in [7, 11) is 0. The predicted molar refractivity (Wildman–Crippen MR) is 85.0 cm³/mol. The Hall–Kier alpha value is -2.60. The fourth-order valence-corrected chi connectivity index (χ4v) is 2.39. The Morgan fingerprint density at radius 3 is 2.95 bits per heavy atom. The Kier molecular flexibility index (Phi) is 3.68. The average molecular weight is 316 g/mol. The number of imidazole rings is 1. The fraction of sp³-hybridized carbons (Fsp3) is 0.133. The van der Waals surface area contributed by atoms with Gasteiger partial charge >= 0.3 is 0 Å². The number of aromatic nitrogens is 3. The van der Waals surface area contributed by atoms with Crippen molar-refractivity contribution in [1.82, 2.24) is 14.4 Å². The van der Waals surface area contributed by atoms with E-state index in [1.807, 2.05) is 35.7 Å². The van der Waals surface area contributed by atoms with Crippen molar-refractivity contribution in [3.63, 3.8) is 0 Å². The number of nitrogens with one attached hydrogen (secondary N) is 1. The Balaban J connectivity index is 1.79. The van der Waals surface area contributed by atoms with Crippen LogP contribution in [0.3, 0.4) is 0 Å². The summed E-state index contributed by atoms with van der Waals surface area (Å²) in [6.07, 6.45) is 3.35. The summed E-state index contributed by atoms with van der Waals surface area (Å²) in [6, 6.07) is 7.43. The first-order valence-electron chi connectivity index (χ1n) is 6.67. The minimum Gasteiger partial charge on any atom is -0.366 e. The minimum atomic E-state index is -0.559. The second kappa shape index (κ2) is 5.65. The number of nitrogens with two attached hydrogens (primary N) is 1. The Labute approximate surface area is 131 Å². The Bertz CT molecular complexity index is 858. The molecule has 3 rings (SSSR count). The van der Waals surface area contributed by atoms with E-state index in [1.165, 1.54) is 12.3 Å². The molecule has 3 N–H and O–H groups in total. The van der Waals surface area contributed by atoms with Crippen LogP contribution in [0.5, 0.6) is 0 Å². The molecule has 3 heterocycles.